The molecule has 2 aromatic carbocycles. The van der Waals surface area contributed by atoms with Crippen molar-refractivity contribution in [3.05, 3.63) is 77.2 Å². The Bertz CT molecular complexity index is 947. The Morgan fingerprint density at radius 3 is 2.20 bits per heavy atom. The molecule has 0 fully saturated rings. The lowest BCUT2D eigenvalue weighted by Gasteiger charge is -2.17. The quantitative estimate of drug-likeness (QED) is 0.484. The zero-order valence-electron chi connectivity index (χ0n) is 17.3. The fourth-order valence-electron chi connectivity index (χ4n) is 3.01. The molecule has 156 valence electrons. The summed E-state index contributed by atoms with van der Waals surface area (Å²) in [7, 11) is 0. The number of anilines is 1. The van der Waals surface area contributed by atoms with Gasteiger partial charge in [0.1, 0.15) is 6.61 Å². The summed E-state index contributed by atoms with van der Waals surface area (Å²) in [6.07, 6.45) is 0. The fraction of sp³-hybridized carbons (Fsp3) is 0.250. The Morgan fingerprint density at radius 2 is 1.60 bits per heavy atom. The van der Waals surface area contributed by atoms with E-state index in [0.717, 1.165) is 25.2 Å². The molecular weight excluding hydrogens is 396 g/mol. The van der Waals surface area contributed by atoms with Crippen LogP contribution in [0.15, 0.2) is 66.0 Å². The van der Waals surface area contributed by atoms with Gasteiger partial charge < -0.3 is 15.0 Å². The molecule has 1 heterocycles. The van der Waals surface area contributed by atoms with Crippen LogP contribution in [-0.2, 0) is 4.74 Å². The summed E-state index contributed by atoms with van der Waals surface area (Å²) in [5.41, 5.74) is 2.76. The van der Waals surface area contributed by atoms with Gasteiger partial charge in [-0.2, -0.15) is 0 Å². The van der Waals surface area contributed by atoms with Crippen molar-refractivity contribution in [1.29, 1.82) is 0 Å². The number of carbonyl (C=O) groups excluding carboxylic acids is 2. The van der Waals surface area contributed by atoms with Gasteiger partial charge in [-0.25, -0.2) is 4.79 Å². The van der Waals surface area contributed by atoms with Crippen molar-refractivity contribution in [2.24, 2.45) is 0 Å². The van der Waals surface area contributed by atoms with Gasteiger partial charge >= 0.3 is 5.97 Å². The van der Waals surface area contributed by atoms with E-state index in [4.69, 9.17) is 4.74 Å². The number of esters is 1. The number of amides is 1. The van der Waals surface area contributed by atoms with Crippen molar-refractivity contribution in [2.45, 2.75) is 13.8 Å². The lowest BCUT2D eigenvalue weighted by Crippen LogP contribution is -2.27. The molecule has 1 aromatic heterocycles. The summed E-state index contributed by atoms with van der Waals surface area (Å²) in [6.45, 7) is 7.10. The van der Waals surface area contributed by atoms with Gasteiger partial charge in [-0.1, -0.05) is 32.0 Å². The maximum atomic E-state index is 12.5. The highest BCUT2D eigenvalue weighted by Crippen LogP contribution is 2.25. The van der Waals surface area contributed by atoms with E-state index in [1.807, 2.05) is 35.7 Å². The van der Waals surface area contributed by atoms with Crippen LogP contribution in [0.4, 0.5) is 5.69 Å². The second-order valence-electron chi connectivity index (χ2n) is 6.75. The van der Waals surface area contributed by atoms with Gasteiger partial charge in [0.25, 0.3) is 5.91 Å². The molecule has 1 amide bonds. The lowest BCUT2D eigenvalue weighted by atomic mass is 10.1. The highest BCUT2D eigenvalue weighted by atomic mass is 32.1. The summed E-state index contributed by atoms with van der Waals surface area (Å²) >= 11 is 1.66. The van der Waals surface area contributed by atoms with E-state index in [0.29, 0.717) is 23.4 Å². The number of carbonyl (C=O) groups is 2. The van der Waals surface area contributed by atoms with Crippen molar-refractivity contribution in [3.8, 4) is 10.4 Å². The Labute approximate surface area is 181 Å². The average Bonchev–Trinajstić information content (AvgIpc) is 3.32. The Morgan fingerprint density at radius 1 is 0.933 bits per heavy atom. The molecule has 0 bridgehead atoms. The molecule has 1 N–H and O–H groups in total. The predicted molar refractivity (Wildman–Crippen MR) is 122 cm³/mol. The Kier molecular flexibility index (Phi) is 7.76. The molecule has 0 saturated heterocycles. The molecule has 5 nitrogen and oxygen atoms in total. The number of hydrogen-bond donors (Lipinski definition) is 1. The molecule has 0 spiro atoms. The van der Waals surface area contributed by atoms with E-state index in [-0.39, 0.29) is 11.9 Å². The zero-order chi connectivity index (χ0) is 21.3. The van der Waals surface area contributed by atoms with Crippen LogP contribution in [0.1, 0.15) is 34.6 Å². The first-order chi connectivity index (χ1) is 14.6. The normalized spacial score (nSPS) is 10.8. The number of benzene rings is 2. The molecule has 0 atom stereocenters. The van der Waals surface area contributed by atoms with Crippen LogP contribution >= 0.6 is 11.3 Å². The minimum atomic E-state index is -0.357. The third kappa shape index (κ3) is 5.78. The van der Waals surface area contributed by atoms with Gasteiger partial charge in [0.2, 0.25) is 0 Å². The molecule has 0 aliphatic carbocycles. The molecule has 0 unspecified atom stereocenters. The first kappa shape index (κ1) is 21.7. The van der Waals surface area contributed by atoms with Gasteiger partial charge in [0.05, 0.1) is 5.56 Å². The maximum absolute atomic E-state index is 12.5. The zero-order valence-corrected chi connectivity index (χ0v) is 18.1. The third-order valence-electron chi connectivity index (χ3n) is 4.87. The van der Waals surface area contributed by atoms with Crippen LogP contribution in [0.2, 0.25) is 0 Å². The number of nitrogens with zero attached hydrogens (tertiary/aromatic N) is 1. The Hall–Kier alpha value is -2.96. The number of likely N-dealkylation sites (N-methyl/N-ethyl adjacent to an activating group) is 1. The molecule has 3 rings (SSSR count). The lowest BCUT2D eigenvalue weighted by molar-refractivity contribution is 0.0466. The smallest absolute Gasteiger partial charge is 0.338 e. The average molecular weight is 423 g/mol. The monoisotopic (exact) mass is 422 g/mol. The highest BCUT2D eigenvalue weighted by molar-refractivity contribution is 7.13. The molecule has 3 aromatic rings. The molecular formula is C24H26N2O3S. The van der Waals surface area contributed by atoms with Crippen molar-refractivity contribution in [3.63, 3.8) is 0 Å². The molecule has 0 radical (unpaired) electrons. The van der Waals surface area contributed by atoms with E-state index in [1.165, 1.54) is 4.88 Å². The predicted octanol–water partition coefficient (Wildman–Crippen LogP) is 5.17. The maximum Gasteiger partial charge on any atom is 0.338 e. The molecule has 0 aliphatic heterocycles. The van der Waals surface area contributed by atoms with Crippen LogP contribution < -0.4 is 5.32 Å². The third-order valence-corrected chi connectivity index (χ3v) is 5.79. The second kappa shape index (κ2) is 10.7. The van der Waals surface area contributed by atoms with Crippen molar-refractivity contribution < 1.29 is 14.3 Å². The number of ether oxygens (including phenoxy) is 1. The van der Waals surface area contributed by atoms with E-state index < -0.39 is 0 Å². The minimum absolute atomic E-state index is 0.192. The number of nitrogens with one attached hydrogen (secondary N) is 1. The number of rotatable bonds is 9. The van der Waals surface area contributed by atoms with Crippen LogP contribution in [0, 0.1) is 0 Å². The first-order valence-electron chi connectivity index (χ1n) is 10.1. The SMILES string of the molecule is CCN(CC)CCOC(=O)c1ccc(NC(=O)c2ccc(-c3cccs3)cc2)cc1. The van der Waals surface area contributed by atoms with E-state index in [1.54, 1.807) is 35.6 Å². The van der Waals surface area contributed by atoms with Crippen molar-refractivity contribution >= 4 is 28.9 Å². The number of thiophene rings is 1. The van der Waals surface area contributed by atoms with Crippen LogP contribution in [-0.4, -0.2) is 43.0 Å². The highest BCUT2D eigenvalue weighted by Gasteiger charge is 2.10. The van der Waals surface area contributed by atoms with Gasteiger partial charge in [-0.05, 0) is 66.5 Å². The van der Waals surface area contributed by atoms with Crippen LogP contribution in [0.3, 0.4) is 0 Å². The van der Waals surface area contributed by atoms with Crippen molar-refractivity contribution in [2.75, 3.05) is 31.6 Å². The standard InChI is InChI=1S/C24H26N2O3S/c1-3-26(4-2)15-16-29-24(28)20-11-13-21(14-12-20)25-23(27)19-9-7-18(8-10-19)22-6-5-17-30-22/h5-14,17H,3-4,15-16H2,1-2H3,(H,25,27). The molecule has 6 heteroatoms. The fourth-order valence-corrected chi connectivity index (χ4v) is 3.75. The topological polar surface area (TPSA) is 58.6 Å². The molecule has 30 heavy (non-hydrogen) atoms. The molecule has 0 aliphatic rings. The minimum Gasteiger partial charge on any atom is -0.461 e. The van der Waals surface area contributed by atoms with E-state index >= 15 is 0 Å². The van der Waals surface area contributed by atoms with Crippen molar-refractivity contribution in [1.82, 2.24) is 4.90 Å². The van der Waals surface area contributed by atoms with Crippen LogP contribution in [0.25, 0.3) is 10.4 Å². The van der Waals surface area contributed by atoms with Gasteiger partial charge in [0.15, 0.2) is 0 Å². The van der Waals surface area contributed by atoms with Gasteiger partial charge in [0, 0.05) is 22.7 Å². The summed E-state index contributed by atoms with van der Waals surface area (Å²) in [6, 6.07) is 18.3. The Balaban J connectivity index is 1.53. The van der Waals surface area contributed by atoms with E-state index in [2.05, 4.69) is 30.1 Å². The summed E-state index contributed by atoms with van der Waals surface area (Å²) in [5.74, 6) is -0.550. The summed E-state index contributed by atoms with van der Waals surface area (Å²) < 4.78 is 5.33. The van der Waals surface area contributed by atoms with E-state index in [9.17, 15) is 9.59 Å². The summed E-state index contributed by atoms with van der Waals surface area (Å²) in [5, 5.41) is 4.88. The largest absolute Gasteiger partial charge is 0.461 e. The molecule has 0 saturated carbocycles. The number of hydrogen-bond acceptors (Lipinski definition) is 5. The second-order valence-corrected chi connectivity index (χ2v) is 7.70. The first-order valence-corrected chi connectivity index (χ1v) is 10.9. The van der Waals surface area contributed by atoms with Gasteiger partial charge in [-0.3, -0.25) is 4.79 Å². The summed E-state index contributed by atoms with van der Waals surface area (Å²) in [4.78, 5) is 28.0. The van der Waals surface area contributed by atoms with Gasteiger partial charge in [-0.15, -0.1) is 11.3 Å². The van der Waals surface area contributed by atoms with Crippen LogP contribution in [0.5, 0.6) is 0 Å².